The maximum absolute atomic E-state index is 13.0. The minimum atomic E-state index is -1.50. The molecule has 0 aliphatic rings. The van der Waals surface area contributed by atoms with Crippen molar-refractivity contribution >= 4 is 17.4 Å². The molecule has 0 heterocycles. The molecule has 0 amide bonds. The topological polar surface area (TPSA) is 17.1 Å². The van der Waals surface area contributed by atoms with Crippen LogP contribution in [0.4, 0.5) is 13.2 Å². The Hall–Kier alpha value is -1.81. The van der Waals surface area contributed by atoms with E-state index in [4.69, 9.17) is 11.6 Å². The zero-order chi connectivity index (χ0) is 14.7. The summed E-state index contributed by atoms with van der Waals surface area (Å²) in [4.78, 5) is 11.9. The van der Waals surface area contributed by atoms with Gasteiger partial charge in [0.15, 0.2) is 23.2 Å². The number of halogens is 4. The summed E-state index contributed by atoms with van der Waals surface area (Å²) in [7, 11) is 0. The van der Waals surface area contributed by atoms with Crippen LogP contribution in [0.5, 0.6) is 0 Å². The van der Waals surface area contributed by atoms with Gasteiger partial charge in [0.25, 0.3) is 0 Å². The number of carbonyl (C=O) groups is 1. The standard InChI is InChI=1S/C15H10ClF3O/c16-11-4-2-10(3-5-11)14(20)6-1-9-7-12(17)15(19)13(18)8-9/h2-5,7-8H,1,6H2. The Morgan fingerprint density at radius 3 is 2.10 bits per heavy atom. The number of ketones is 1. The van der Waals surface area contributed by atoms with Crippen molar-refractivity contribution in [2.45, 2.75) is 12.8 Å². The monoisotopic (exact) mass is 298 g/mol. The van der Waals surface area contributed by atoms with E-state index in [1.165, 1.54) is 0 Å². The first-order valence-electron chi connectivity index (χ1n) is 5.89. The first-order chi connectivity index (χ1) is 9.47. The summed E-state index contributed by atoms with van der Waals surface area (Å²) in [5, 5.41) is 0.518. The predicted octanol–water partition coefficient (Wildman–Crippen LogP) is 4.57. The predicted molar refractivity (Wildman–Crippen MR) is 70.4 cm³/mol. The van der Waals surface area contributed by atoms with E-state index in [1.54, 1.807) is 24.3 Å². The third-order valence-electron chi connectivity index (χ3n) is 2.85. The van der Waals surface area contributed by atoms with Crippen LogP contribution in [0.15, 0.2) is 36.4 Å². The van der Waals surface area contributed by atoms with Crippen LogP contribution in [-0.2, 0) is 6.42 Å². The molecule has 0 atom stereocenters. The summed E-state index contributed by atoms with van der Waals surface area (Å²) >= 11 is 5.71. The molecule has 0 saturated heterocycles. The SMILES string of the molecule is O=C(CCc1cc(F)c(F)c(F)c1)c1ccc(Cl)cc1. The zero-order valence-electron chi connectivity index (χ0n) is 10.3. The minimum absolute atomic E-state index is 0.0755. The molecule has 0 aromatic heterocycles. The van der Waals surface area contributed by atoms with Gasteiger partial charge in [-0.2, -0.15) is 0 Å². The van der Waals surface area contributed by atoms with E-state index >= 15 is 0 Å². The first kappa shape index (κ1) is 14.6. The maximum atomic E-state index is 13.0. The Bertz CT molecular complexity index is 615. The second-order valence-electron chi connectivity index (χ2n) is 4.30. The lowest BCUT2D eigenvalue weighted by atomic mass is 10.0. The van der Waals surface area contributed by atoms with Crippen LogP contribution in [-0.4, -0.2) is 5.78 Å². The molecule has 0 radical (unpaired) electrons. The molecule has 0 aliphatic carbocycles. The number of hydrogen-bond acceptors (Lipinski definition) is 1. The molecule has 2 aromatic rings. The lowest BCUT2D eigenvalue weighted by molar-refractivity contribution is 0.0982. The van der Waals surface area contributed by atoms with Gasteiger partial charge in [0, 0.05) is 17.0 Å². The molecular weight excluding hydrogens is 289 g/mol. The van der Waals surface area contributed by atoms with Crippen molar-refractivity contribution in [2.75, 3.05) is 0 Å². The van der Waals surface area contributed by atoms with Crippen molar-refractivity contribution in [3.8, 4) is 0 Å². The molecule has 0 N–H and O–H groups in total. The number of Topliss-reactive ketones (excluding diaryl/α,β-unsaturated/α-hetero) is 1. The quantitative estimate of drug-likeness (QED) is 0.597. The molecule has 5 heteroatoms. The third-order valence-corrected chi connectivity index (χ3v) is 3.10. The number of hydrogen-bond donors (Lipinski definition) is 0. The third kappa shape index (κ3) is 3.39. The van der Waals surface area contributed by atoms with E-state index in [-0.39, 0.29) is 24.2 Å². The first-order valence-corrected chi connectivity index (χ1v) is 6.27. The van der Waals surface area contributed by atoms with Crippen LogP contribution >= 0.6 is 11.6 Å². The highest BCUT2D eigenvalue weighted by atomic mass is 35.5. The molecular formula is C15H10ClF3O. The largest absolute Gasteiger partial charge is 0.294 e. The van der Waals surface area contributed by atoms with Gasteiger partial charge in [0.2, 0.25) is 0 Å². The van der Waals surface area contributed by atoms with E-state index in [0.717, 1.165) is 12.1 Å². The van der Waals surface area contributed by atoms with Gasteiger partial charge in [0.05, 0.1) is 0 Å². The summed E-state index contributed by atoms with van der Waals surface area (Å²) in [5.74, 6) is -4.18. The summed E-state index contributed by atoms with van der Waals surface area (Å²) in [6, 6.07) is 8.13. The summed E-state index contributed by atoms with van der Waals surface area (Å²) in [6.07, 6.45) is 0.210. The average molecular weight is 299 g/mol. The Morgan fingerprint density at radius 2 is 1.55 bits per heavy atom. The van der Waals surface area contributed by atoms with Crippen molar-refractivity contribution in [3.63, 3.8) is 0 Å². The Labute approximate surface area is 119 Å². The van der Waals surface area contributed by atoms with Gasteiger partial charge in [-0.25, -0.2) is 13.2 Å². The molecule has 0 fully saturated rings. The fraction of sp³-hybridized carbons (Fsp3) is 0.133. The molecule has 104 valence electrons. The van der Waals surface area contributed by atoms with Gasteiger partial charge in [-0.15, -0.1) is 0 Å². The number of aryl methyl sites for hydroxylation is 1. The molecule has 2 rings (SSSR count). The molecule has 1 nitrogen and oxygen atoms in total. The smallest absolute Gasteiger partial charge is 0.194 e. The lowest BCUT2D eigenvalue weighted by Gasteiger charge is -2.04. The van der Waals surface area contributed by atoms with Gasteiger partial charge in [-0.05, 0) is 48.4 Å². The van der Waals surface area contributed by atoms with Crippen LogP contribution in [0, 0.1) is 17.5 Å². The van der Waals surface area contributed by atoms with E-state index < -0.39 is 17.5 Å². The molecule has 0 aliphatic heterocycles. The molecule has 0 spiro atoms. The van der Waals surface area contributed by atoms with Crippen molar-refractivity contribution in [1.29, 1.82) is 0 Å². The van der Waals surface area contributed by atoms with Crippen molar-refractivity contribution in [3.05, 3.63) is 70.0 Å². The second-order valence-corrected chi connectivity index (χ2v) is 4.74. The Kier molecular flexibility index (Phi) is 4.45. The van der Waals surface area contributed by atoms with Crippen molar-refractivity contribution in [2.24, 2.45) is 0 Å². The molecule has 2 aromatic carbocycles. The fourth-order valence-electron chi connectivity index (χ4n) is 1.79. The molecule has 0 unspecified atom stereocenters. The van der Waals surface area contributed by atoms with E-state index in [9.17, 15) is 18.0 Å². The van der Waals surface area contributed by atoms with Gasteiger partial charge in [0.1, 0.15) is 0 Å². The second kappa shape index (κ2) is 6.09. The van der Waals surface area contributed by atoms with E-state index in [0.29, 0.717) is 10.6 Å². The average Bonchev–Trinajstić information content (AvgIpc) is 2.42. The van der Waals surface area contributed by atoms with Crippen LogP contribution in [0.25, 0.3) is 0 Å². The van der Waals surface area contributed by atoms with Gasteiger partial charge in [-0.3, -0.25) is 4.79 Å². The molecule has 0 bridgehead atoms. The number of benzene rings is 2. The van der Waals surface area contributed by atoms with Crippen molar-refractivity contribution < 1.29 is 18.0 Å². The van der Waals surface area contributed by atoms with Gasteiger partial charge < -0.3 is 0 Å². The van der Waals surface area contributed by atoms with Crippen molar-refractivity contribution in [1.82, 2.24) is 0 Å². The van der Waals surface area contributed by atoms with E-state index in [2.05, 4.69) is 0 Å². The maximum Gasteiger partial charge on any atom is 0.194 e. The zero-order valence-corrected chi connectivity index (χ0v) is 11.1. The van der Waals surface area contributed by atoms with E-state index in [1.807, 2.05) is 0 Å². The lowest BCUT2D eigenvalue weighted by Crippen LogP contribution is -2.02. The van der Waals surface area contributed by atoms with Crippen LogP contribution < -0.4 is 0 Å². The van der Waals surface area contributed by atoms with Gasteiger partial charge in [-0.1, -0.05) is 11.6 Å². The summed E-state index contributed by atoms with van der Waals surface area (Å²) in [6.45, 7) is 0. The fourth-order valence-corrected chi connectivity index (χ4v) is 1.92. The Balaban J connectivity index is 2.05. The van der Waals surface area contributed by atoms with Gasteiger partial charge >= 0.3 is 0 Å². The van der Waals surface area contributed by atoms with Crippen LogP contribution in [0.2, 0.25) is 5.02 Å². The molecule has 0 saturated carbocycles. The normalized spacial score (nSPS) is 10.6. The minimum Gasteiger partial charge on any atom is -0.294 e. The molecule has 20 heavy (non-hydrogen) atoms. The highest BCUT2D eigenvalue weighted by Gasteiger charge is 2.12. The highest BCUT2D eigenvalue weighted by Crippen LogP contribution is 2.16. The van der Waals surface area contributed by atoms with Crippen LogP contribution in [0.1, 0.15) is 22.3 Å². The highest BCUT2D eigenvalue weighted by molar-refractivity contribution is 6.30. The van der Waals surface area contributed by atoms with Crippen LogP contribution in [0.3, 0.4) is 0 Å². The Morgan fingerprint density at radius 1 is 1.00 bits per heavy atom. The summed E-state index contributed by atoms with van der Waals surface area (Å²) < 4.78 is 38.8. The number of rotatable bonds is 4. The summed E-state index contributed by atoms with van der Waals surface area (Å²) in [5.41, 5.74) is 0.709. The number of carbonyl (C=O) groups excluding carboxylic acids is 1.